The van der Waals surface area contributed by atoms with Gasteiger partial charge in [-0.05, 0) is 44.8 Å². The number of nitrogens with zero attached hydrogens (tertiary/aromatic N) is 1. The highest BCUT2D eigenvalue weighted by atomic mass is 79.9. The predicted octanol–water partition coefficient (Wildman–Crippen LogP) is 2.92. The molecule has 0 saturated heterocycles. The Morgan fingerprint density at radius 1 is 1.45 bits per heavy atom. The maximum atomic E-state index is 5.07. The normalized spacial score (nSPS) is 9.82. The molecular weight excluding hydrogens is 274 g/mol. The lowest BCUT2D eigenvalue weighted by molar-refractivity contribution is 0.408. The highest BCUT2D eigenvalue weighted by Gasteiger charge is 2.03. The monoisotopic (exact) mass is 279 g/mol. The van der Waals surface area contributed by atoms with Gasteiger partial charge >= 0.3 is 0 Å². The Bertz CT molecular complexity index is 275. The summed E-state index contributed by atoms with van der Waals surface area (Å²) in [5, 5.41) is 0. The summed E-state index contributed by atoms with van der Waals surface area (Å²) in [5.74, 6) is 0.792. The van der Waals surface area contributed by atoms with Crippen LogP contribution in [-0.2, 0) is 0 Å². The molecule has 0 aliphatic rings. The van der Waals surface area contributed by atoms with E-state index < -0.39 is 0 Å². The fourth-order valence-electron chi connectivity index (χ4n) is 0.741. The van der Waals surface area contributed by atoms with Gasteiger partial charge in [0.25, 0.3) is 0 Å². The van der Waals surface area contributed by atoms with E-state index in [9.17, 15) is 0 Å². The molecular formula is C7H7Br2NO. The van der Waals surface area contributed by atoms with Gasteiger partial charge in [-0.25, -0.2) is 4.98 Å². The molecule has 0 unspecified atom stereocenters. The zero-order valence-electron chi connectivity index (χ0n) is 6.19. The van der Waals surface area contributed by atoms with Crippen molar-refractivity contribution in [2.45, 2.75) is 6.92 Å². The molecule has 4 heteroatoms. The molecule has 0 N–H and O–H groups in total. The molecule has 0 aromatic carbocycles. The van der Waals surface area contributed by atoms with Crippen LogP contribution in [0.2, 0.25) is 0 Å². The van der Waals surface area contributed by atoms with Crippen LogP contribution in [0.4, 0.5) is 0 Å². The Balaban J connectivity index is 3.21. The van der Waals surface area contributed by atoms with Gasteiger partial charge < -0.3 is 4.74 Å². The van der Waals surface area contributed by atoms with Crippen molar-refractivity contribution in [1.29, 1.82) is 0 Å². The van der Waals surface area contributed by atoms with Crippen LogP contribution in [0.15, 0.2) is 15.1 Å². The van der Waals surface area contributed by atoms with E-state index in [-0.39, 0.29) is 0 Å². The molecule has 0 aliphatic carbocycles. The summed E-state index contributed by atoms with van der Waals surface area (Å²) in [7, 11) is 1.63. The highest BCUT2D eigenvalue weighted by Crippen LogP contribution is 2.27. The second-order valence-electron chi connectivity index (χ2n) is 2.05. The largest absolute Gasteiger partial charge is 0.495 e. The molecule has 0 spiro atoms. The molecule has 0 amide bonds. The molecule has 1 rings (SSSR count). The minimum atomic E-state index is 0.792. The summed E-state index contributed by atoms with van der Waals surface area (Å²) in [6.07, 6.45) is 0. The van der Waals surface area contributed by atoms with Crippen molar-refractivity contribution in [2.75, 3.05) is 7.11 Å². The molecule has 0 aliphatic heterocycles. The maximum absolute atomic E-state index is 5.07. The van der Waals surface area contributed by atoms with E-state index in [4.69, 9.17) is 4.74 Å². The number of ether oxygens (including phenoxy) is 1. The summed E-state index contributed by atoms with van der Waals surface area (Å²) in [6.45, 7) is 1.90. The average Bonchev–Trinajstić information content (AvgIpc) is 1.97. The lowest BCUT2D eigenvalue weighted by atomic mass is 10.3. The molecule has 0 radical (unpaired) electrons. The minimum absolute atomic E-state index is 0.792. The molecule has 0 saturated carbocycles. The van der Waals surface area contributed by atoms with Gasteiger partial charge in [0.1, 0.15) is 10.4 Å². The quantitative estimate of drug-likeness (QED) is 0.738. The van der Waals surface area contributed by atoms with E-state index in [1.807, 2.05) is 13.0 Å². The first kappa shape index (κ1) is 9.00. The fourth-order valence-corrected chi connectivity index (χ4v) is 1.42. The van der Waals surface area contributed by atoms with Gasteiger partial charge in [-0.3, -0.25) is 0 Å². The van der Waals surface area contributed by atoms with E-state index in [1.165, 1.54) is 0 Å². The highest BCUT2D eigenvalue weighted by molar-refractivity contribution is 9.13. The smallest absolute Gasteiger partial charge is 0.141 e. The standard InChI is InChI=1S/C7H7Br2NO/c1-4-6(11-2)3-5(8)7(9)10-4/h3H,1-2H3. The average molecular weight is 281 g/mol. The number of hydrogen-bond acceptors (Lipinski definition) is 2. The summed E-state index contributed by atoms with van der Waals surface area (Å²) in [6, 6.07) is 1.88. The third-order valence-corrected chi connectivity index (χ3v) is 3.04. The summed E-state index contributed by atoms with van der Waals surface area (Å²) in [5.41, 5.74) is 0.877. The Labute approximate surface area is 82.2 Å². The Morgan fingerprint density at radius 3 is 2.64 bits per heavy atom. The van der Waals surface area contributed by atoms with Crippen LogP contribution in [0.25, 0.3) is 0 Å². The molecule has 1 aromatic rings. The maximum Gasteiger partial charge on any atom is 0.141 e. The number of pyridine rings is 1. The minimum Gasteiger partial charge on any atom is -0.495 e. The topological polar surface area (TPSA) is 22.1 Å². The molecule has 1 heterocycles. The second-order valence-corrected chi connectivity index (χ2v) is 3.65. The van der Waals surface area contributed by atoms with Crippen LogP contribution in [0, 0.1) is 6.92 Å². The molecule has 1 aromatic heterocycles. The lowest BCUT2D eigenvalue weighted by Crippen LogP contribution is -1.91. The van der Waals surface area contributed by atoms with Crippen molar-refractivity contribution in [2.24, 2.45) is 0 Å². The summed E-state index contributed by atoms with van der Waals surface area (Å²) < 4.78 is 6.77. The third-order valence-electron chi connectivity index (χ3n) is 1.30. The molecule has 0 fully saturated rings. The van der Waals surface area contributed by atoms with E-state index in [0.29, 0.717) is 0 Å². The first-order valence-electron chi connectivity index (χ1n) is 3.01. The summed E-state index contributed by atoms with van der Waals surface area (Å²) in [4.78, 5) is 4.19. The van der Waals surface area contributed by atoms with Crippen LogP contribution in [-0.4, -0.2) is 12.1 Å². The molecule has 2 nitrogen and oxygen atoms in total. The van der Waals surface area contributed by atoms with Gasteiger partial charge in [0.05, 0.1) is 17.3 Å². The fraction of sp³-hybridized carbons (Fsp3) is 0.286. The van der Waals surface area contributed by atoms with Crippen molar-refractivity contribution in [3.05, 3.63) is 20.8 Å². The van der Waals surface area contributed by atoms with Crippen molar-refractivity contribution in [1.82, 2.24) is 4.98 Å². The molecule has 11 heavy (non-hydrogen) atoms. The Hall–Kier alpha value is -0.0900. The number of aromatic nitrogens is 1. The summed E-state index contributed by atoms with van der Waals surface area (Å²) >= 11 is 6.63. The number of hydrogen-bond donors (Lipinski definition) is 0. The van der Waals surface area contributed by atoms with E-state index >= 15 is 0 Å². The van der Waals surface area contributed by atoms with Crippen LogP contribution < -0.4 is 4.74 Å². The van der Waals surface area contributed by atoms with Crippen molar-refractivity contribution in [3.8, 4) is 5.75 Å². The van der Waals surface area contributed by atoms with Gasteiger partial charge in [0, 0.05) is 0 Å². The number of rotatable bonds is 1. The number of halogens is 2. The van der Waals surface area contributed by atoms with Crippen LogP contribution in [0.1, 0.15) is 5.69 Å². The van der Waals surface area contributed by atoms with Gasteiger partial charge in [-0.15, -0.1) is 0 Å². The van der Waals surface area contributed by atoms with Gasteiger partial charge in [0.15, 0.2) is 0 Å². The predicted molar refractivity (Wildman–Crippen MR) is 50.9 cm³/mol. The second kappa shape index (κ2) is 3.54. The molecule has 0 bridgehead atoms. The molecule has 60 valence electrons. The van der Waals surface area contributed by atoms with Crippen molar-refractivity contribution < 1.29 is 4.74 Å². The van der Waals surface area contributed by atoms with Gasteiger partial charge in [0.2, 0.25) is 0 Å². The zero-order valence-corrected chi connectivity index (χ0v) is 9.36. The van der Waals surface area contributed by atoms with Crippen LogP contribution in [0.5, 0.6) is 5.75 Å². The number of aryl methyl sites for hydroxylation is 1. The number of methoxy groups -OCH3 is 1. The van der Waals surface area contributed by atoms with Crippen LogP contribution in [0.3, 0.4) is 0 Å². The van der Waals surface area contributed by atoms with Crippen molar-refractivity contribution >= 4 is 31.9 Å². The SMILES string of the molecule is COc1cc(Br)c(Br)nc1C. The first-order chi connectivity index (χ1) is 5.15. The lowest BCUT2D eigenvalue weighted by Gasteiger charge is -2.04. The van der Waals surface area contributed by atoms with E-state index in [0.717, 1.165) is 20.5 Å². The van der Waals surface area contributed by atoms with E-state index in [1.54, 1.807) is 7.11 Å². The molecule has 0 atom stereocenters. The van der Waals surface area contributed by atoms with Crippen molar-refractivity contribution in [3.63, 3.8) is 0 Å². The Kier molecular flexibility index (Phi) is 2.90. The zero-order chi connectivity index (χ0) is 8.43. The Morgan fingerprint density at radius 2 is 2.09 bits per heavy atom. The van der Waals surface area contributed by atoms with Crippen LogP contribution >= 0.6 is 31.9 Å². The first-order valence-corrected chi connectivity index (χ1v) is 4.60. The van der Waals surface area contributed by atoms with E-state index in [2.05, 4.69) is 36.8 Å². The van der Waals surface area contributed by atoms with Gasteiger partial charge in [-0.2, -0.15) is 0 Å². The van der Waals surface area contributed by atoms with Gasteiger partial charge in [-0.1, -0.05) is 0 Å². The third kappa shape index (κ3) is 1.93.